The zero-order chi connectivity index (χ0) is 16.8. The van der Waals surface area contributed by atoms with Gasteiger partial charge in [-0.25, -0.2) is 9.67 Å². The molecule has 6 nitrogen and oxygen atoms in total. The zero-order valence-electron chi connectivity index (χ0n) is 14.1. The van der Waals surface area contributed by atoms with Crippen molar-refractivity contribution in [1.82, 2.24) is 24.1 Å². The van der Waals surface area contributed by atoms with E-state index >= 15 is 0 Å². The predicted molar refractivity (Wildman–Crippen MR) is 94.5 cm³/mol. The third kappa shape index (κ3) is 2.76. The molecule has 128 valence electrons. The van der Waals surface area contributed by atoms with Crippen molar-refractivity contribution in [3.63, 3.8) is 0 Å². The third-order valence-corrected chi connectivity index (χ3v) is 5.29. The van der Waals surface area contributed by atoms with Crippen molar-refractivity contribution in [3.05, 3.63) is 64.0 Å². The SMILES string of the molecule is O=c1cc2c(nn1CC1CN(Cc3cn4ccccc4n3)C1)CCC2. The quantitative estimate of drug-likeness (QED) is 0.725. The van der Waals surface area contributed by atoms with Gasteiger partial charge >= 0.3 is 0 Å². The molecule has 0 atom stereocenters. The van der Waals surface area contributed by atoms with E-state index in [0.717, 1.165) is 68.0 Å². The molecule has 3 aromatic rings. The number of likely N-dealkylation sites (tertiary alicyclic amines) is 1. The summed E-state index contributed by atoms with van der Waals surface area (Å²) in [6, 6.07) is 7.84. The van der Waals surface area contributed by atoms with Gasteiger partial charge in [0.25, 0.3) is 5.56 Å². The molecule has 0 saturated carbocycles. The van der Waals surface area contributed by atoms with E-state index in [2.05, 4.69) is 25.6 Å². The van der Waals surface area contributed by atoms with Gasteiger partial charge in [0.15, 0.2) is 0 Å². The lowest BCUT2D eigenvalue weighted by Gasteiger charge is -2.38. The van der Waals surface area contributed by atoms with Gasteiger partial charge in [-0.1, -0.05) is 6.07 Å². The van der Waals surface area contributed by atoms with Gasteiger partial charge < -0.3 is 4.40 Å². The Morgan fingerprint density at radius 3 is 3.00 bits per heavy atom. The molecule has 25 heavy (non-hydrogen) atoms. The first-order valence-electron chi connectivity index (χ1n) is 8.99. The fraction of sp³-hybridized carbons (Fsp3) is 0.421. The number of aryl methyl sites for hydroxylation is 2. The van der Waals surface area contributed by atoms with Crippen molar-refractivity contribution < 1.29 is 0 Å². The lowest BCUT2D eigenvalue weighted by Crippen LogP contribution is -2.49. The van der Waals surface area contributed by atoms with Crippen molar-refractivity contribution in [3.8, 4) is 0 Å². The summed E-state index contributed by atoms with van der Waals surface area (Å²) in [6.07, 6.45) is 7.27. The molecule has 4 heterocycles. The molecular weight excluding hydrogens is 314 g/mol. The third-order valence-electron chi connectivity index (χ3n) is 5.29. The summed E-state index contributed by atoms with van der Waals surface area (Å²) >= 11 is 0. The van der Waals surface area contributed by atoms with E-state index in [1.165, 1.54) is 0 Å². The highest BCUT2D eigenvalue weighted by Gasteiger charge is 2.28. The minimum Gasteiger partial charge on any atom is -0.307 e. The molecule has 0 unspecified atom stereocenters. The first kappa shape index (κ1) is 14.8. The van der Waals surface area contributed by atoms with Crippen LogP contribution in [-0.2, 0) is 25.9 Å². The first-order valence-corrected chi connectivity index (χ1v) is 8.99. The van der Waals surface area contributed by atoms with Crippen LogP contribution in [0.5, 0.6) is 0 Å². The molecule has 0 radical (unpaired) electrons. The van der Waals surface area contributed by atoms with Crippen LogP contribution in [0.15, 0.2) is 41.5 Å². The van der Waals surface area contributed by atoms with Crippen molar-refractivity contribution in [2.45, 2.75) is 32.4 Å². The van der Waals surface area contributed by atoms with Crippen LogP contribution in [0.3, 0.4) is 0 Å². The van der Waals surface area contributed by atoms with E-state index in [9.17, 15) is 4.79 Å². The monoisotopic (exact) mass is 335 g/mol. The zero-order valence-corrected chi connectivity index (χ0v) is 14.1. The smallest absolute Gasteiger partial charge is 0.267 e. The number of aromatic nitrogens is 4. The second kappa shape index (κ2) is 5.81. The first-order chi connectivity index (χ1) is 12.2. The fourth-order valence-electron chi connectivity index (χ4n) is 4.03. The molecule has 0 N–H and O–H groups in total. The summed E-state index contributed by atoms with van der Waals surface area (Å²) in [6.45, 7) is 3.59. The number of imidazole rings is 1. The highest BCUT2D eigenvalue weighted by Crippen LogP contribution is 2.21. The maximum atomic E-state index is 12.2. The van der Waals surface area contributed by atoms with Crippen LogP contribution < -0.4 is 5.56 Å². The van der Waals surface area contributed by atoms with E-state index < -0.39 is 0 Å². The summed E-state index contributed by atoms with van der Waals surface area (Å²) in [5.74, 6) is 0.502. The van der Waals surface area contributed by atoms with Gasteiger partial charge in [-0.15, -0.1) is 0 Å². The Labute approximate surface area is 145 Å². The summed E-state index contributed by atoms with van der Waals surface area (Å²) in [5.41, 5.74) is 4.42. The molecular formula is C19H21N5O. The molecule has 1 aliphatic heterocycles. The predicted octanol–water partition coefficient (Wildman–Crippen LogP) is 1.51. The number of rotatable bonds is 4. The molecule has 1 fully saturated rings. The number of hydrogen-bond donors (Lipinski definition) is 0. The molecule has 1 saturated heterocycles. The van der Waals surface area contributed by atoms with Crippen LogP contribution in [0.1, 0.15) is 23.4 Å². The molecule has 0 spiro atoms. The van der Waals surface area contributed by atoms with Crippen LogP contribution in [-0.4, -0.2) is 37.2 Å². The Morgan fingerprint density at radius 1 is 1.20 bits per heavy atom. The second-order valence-electron chi connectivity index (χ2n) is 7.25. The Kier molecular flexibility index (Phi) is 3.45. The van der Waals surface area contributed by atoms with Crippen molar-refractivity contribution >= 4 is 5.65 Å². The maximum absolute atomic E-state index is 12.2. The molecule has 6 heteroatoms. The van der Waals surface area contributed by atoms with Gasteiger partial charge in [-0.2, -0.15) is 5.10 Å². The Bertz CT molecular complexity index is 950. The minimum absolute atomic E-state index is 0.0550. The van der Waals surface area contributed by atoms with E-state index in [1.54, 1.807) is 10.7 Å². The lowest BCUT2D eigenvalue weighted by atomic mass is 10.00. The highest BCUT2D eigenvalue weighted by atomic mass is 16.1. The van der Waals surface area contributed by atoms with E-state index in [4.69, 9.17) is 0 Å². The van der Waals surface area contributed by atoms with Crippen LogP contribution in [0.4, 0.5) is 0 Å². The van der Waals surface area contributed by atoms with Crippen LogP contribution in [0, 0.1) is 5.92 Å². The van der Waals surface area contributed by atoms with Crippen molar-refractivity contribution in [1.29, 1.82) is 0 Å². The van der Waals surface area contributed by atoms with Gasteiger partial charge in [-0.3, -0.25) is 9.69 Å². The second-order valence-corrected chi connectivity index (χ2v) is 7.25. The van der Waals surface area contributed by atoms with Crippen molar-refractivity contribution in [2.75, 3.05) is 13.1 Å². The molecule has 0 amide bonds. The van der Waals surface area contributed by atoms with Crippen LogP contribution in [0.2, 0.25) is 0 Å². The van der Waals surface area contributed by atoms with E-state index in [0.29, 0.717) is 5.92 Å². The van der Waals surface area contributed by atoms with E-state index in [-0.39, 0.29) is 5.56 Å². The normalized spacial score (nSPS) is 17.8. The van der Waals surface area contributed by atoms with Gasteiger partial charge in [-0.05, 0) is 37.0 Å². The van der Waals surface area contributed by atoms with Crippen LogP contribution >= 0.6 is 0 Å². The summed E-state index contributed by atoms with van der Waals surface area (Å²) in [5, 5.41) is 4.58. The topological polar surface area (TPSA) is 55.4 Å². The standard InChI is InChI=1S/C19H21N5O/c25-19-8-15-4-3-5-17(15)21-24(19)11-14-9-22(10-14)12-16-13-23-7-2-1-6-18(23)20-16/h1-2,6-8,13-14H,3-5,9-12H2. The summed E-state index contributed by atoms with van der Waals surface area (Å²) < 4.78 is 3.73. The number of hydrogen-bond acceptors (Lipinski definition) is 4. The van der Waals surface area contributed by atoms with Gasteiger partial charge in [0.1, 0.15) is 5.65 Å². The highest BCUT2D eigenvalue weighted by molar-refractivity contribution is 5.39. The average molecular weight is 335 g/mol. The Morgan fingerprint density at radius 2 is 2.12 bits per heavy atom. The van der Waals surface area contributed by atoms with Gasteiger partial charge in [0, 0.05) is 44.0 Å². The molecule has 2 aliphatic rings. The van der Waals surface area contributed by atoms with Crippen LogP contribution in [0.25, 0.3) is 5.65 Å². The average Bonchev–Trinajstić information content (AvgIpc) is 3.18. The Balaban J connectivity index is 1.21. The summed E-state index contributed by atoms with van der Waals surface area (Å²) in [4.78, 5) is 19.2. The van der Waals surface area contributed by atoms with Crippen molar-refractivity contribution in [2.24, 2.45) is 5.92 Å². The van der Waals surface area contributed by atoms with E-state index in [1.807, 2.05) is 24.4 Å². The fourth-order valence-corrected chi connectivity index (χ4v) is 4.03. The summed E-state index contributed by atoms with van der Waals surface area (Å²) in [7, 11) is 0. The molecule has 0 aromatic carbocycles. The van der Waals surface area contributed by atoms with Gasteiger partial charge in [0.05, 0.1) is 17.9 Å². The maximum Gasteiger partial charge on any atom is 0.267 e. The molecule has 5 rings (SSSR count). The number of fused-ring (bicyclic) bond motifs is 2. The lowest BCUT2D eigenvalue weighted by molar-refractivity contribution is 0.0754. The molecule has 1 aliphatic carbocycles. The minimum atomic E-state index is 0.0550. The molecule has 3 aromatic heterocycles. The number of pyridine rings is 1. The molecule has 0 bridgehead atoms. The number of nitrogens with zero attached hydrogens (tertiary/aromatic N) is 5. The van der Waals surface area contributed by atoms with Gasteiger partial charge in [0.2, 0.25) is 0 Å². The largest absolute Gasteiger partial charge is 0.307 e. The Hall–Kier alpha value is -2.47.